The molecule has 0 aromatic heterocycles. The van der Waals surface area contributed by atoms with E-state index in [0.717, 1.165) is 0 Å². The number of hydrogen-bond acceptors (Lipinski definition) is 3. The van der Waals surface area contributed by atoms with Gasteiger partial charge in [0.25, 0.3) is 0 Å². The Bertz CT molecular complexity index is 163. The molecule has 0 radical (unpaired) electrons. The van der Waals surface area contributed by atoms with E-state index in [2.05, 4.69) is 5.32 Å². The summed E-state index contributed by atoms with van der Waals surface area (Å²) in [5.74, 6) is -0.198. The third kappa shape index (κ3) is 7.74. The molecule has 78 valence electrons. The van der Waals surface area contributed by atoms with Crippen molar-refractivity contribution >= 4 is 5.91 Å². The molecule has 4 heteroatoms. The second-order valence-electron chi connectivity index (χ2n) is 4.05. The number of nitrogens with one attached hydrogen (secondary N) is 1. The van der Waals surface area contributed by atoms with Gasteiger partial charge in [-0.15, -0.1) is 0 Å². The van der Waals surface area contributed by atoms with Crippen molar-refractivity contribution in [1.29, 1.82) is 0 Å². The fraction of sp³-hybridized carbons (Fsp3) is 0.889. The van der Waals surface area contributed by atoms with Crippen LogP contribution >= 0.6 is 0 Å². The fourth-order valence-corrected chi connectivity index (χ4v) is 0.644. The van der Waals surface area contributed by atoms with Crippen LogP contribution in [0.4, 0.5) is 0 Å². The molecule has 4 nitrogen and oxygen atoms in total. The molecule has 0 aromatic rings. The molecule has 0 aliphatic rings. The quantitative estimate of drug-likeness (QED) is 0.668. The number of carbonyl (C=O) groups is 1. The Morgan fingerprint density at radius 1 is 1.54 bits per heavy atom. The Morgan fingerprint density at radius 3 is 2.46 bits per heavy atom. The van der Waals surface area contributed by atoms with Crippen molar-refractivity contribution in [2.75, 3.05) is 13.2 Å². The zero-order valence-corrected chi connectivity index (χ0v) is 8.76. The minimum absolute atomic E-state index is 0.0356. The van der Waals surface area contributed by atoms with E-state index in [1.165, 1.54) is 0 Å². The van der Waals surface area contributed by atoms with Crippen molar-refractivity contribution in [2.24, 2.45) is 0 Å². The van der Waals surface area contributed by atoms with Gasteiger partial charge in [0.1, 0.15) is 6.61 Å². The van der Waals surface area contributed by atoms with E-state index in [1.807, 2.05) is 20.8 Å². The molecule has 0 unspecified atom stereocenters. The molecular weight excluding hydrogens is 170 g/mol. The van der Waals surface area contributed by atoms with E-state index in [4.69, 9.17) is 9.84 Å². The Morgan fingerprint density at radius 2 is 2.08 bits per heavy atom. The SMILES string of the molecule is C[C@@H](CO)NC(=O)COC(C)(C)C. The molecule has 2 N–H and O–H groups in total. The summed E-state index contributed by atoms with van der Waals surface area (Å²) in [6.45, 7) is 7.37. The Balaban J connectivity index is 3.64. The highest BCUT2D eigenvalue weighted by Gasteiger charge is 2.13. The van der Waals surface area contributed by atoms with Crippen LogP contribution in [-0.2, 0) is 9.53 Å². The third-order valence-corrected chi connectivity index (χ3v) is 1.32. The summed E-state index contributed by atoms with van der Waals surface area (Å²) in [5, 5.41) is 11.2. The van der Waals surface area contributed by atoms with E-state index in [9.17, 15) is 4.79 Å². The second-order valence-corrected chi connectivity index (χ2v) is 4.05. The average Bonchev–Trinajstić information content (AvgIpc) is 1.99. The van der Waals surface area contributed by atoms with Crippen LogP contribution in [0.2, 0.25) is 0 Å². The van der Waals surface area contributed by atoms with Crippen LogP contribution < -0.4 is 5.32 Å². The predicted octanol–water partition coefficient (Wildman–Crippen LogP) is 0.298. The van der Waals surface area contributed by atoms with E-state index < -0.39 is 0 Å². The van der Waals surface area contributed by atoms with Gasteiger partial charge in [0, 0.05) is 6.04 Å². The number of amides is 1. The van der Waals surface area contributed by atoms with E-state index >= 15 is 0 Å². The zero-order chi connectivity index (χ0) is 10.5. The van der Waals surface area contributed by atoms with Crippen molar-refractivity contribution in [3.8, 4) is 0 Å². The molecule has 0 rings (SSSR count). The largest absolute Gasteiger partial charge is 0.394 e. The molecule has 0 fully saturated rings. The van der Waals surface area contributed by atoms with Crippen molar-refractivity contribution in [2.45, 2.75) is 39.3 Å². The van der Waals surface area contributed by atoms with Crippen LogP contribution in [0.25, 0.3) is 0 Å². The lowest BCUT2D eigenvalue weighted by Crippen LogP contribution is -2.39. The van der Waals surface area contributed by atoms with Crippen molar-refractivity contribution < 1.29 is 14.6 Å². The van der Waals surface area contributed by atoms with Crippen molar-refractivity contribution in [3.05, 3.63) is 0 Å². The molecule has 0 aliphatic carbocycles. The molecule has 1 amide bonds. The zero-order valence-electron chi connectivity index (χ0n) is 8.76. The minimum Gasteiger partial charge on any atom is -0.394 e. The Labute approximate surface area is 79.3 Å². The van der Waals surface area contributed by atoms with Gasteiger partial charge >= 0.3 is 0 Å². The summed E-state index contributed by atoms with van der Waals surface area (Å²) in [6, 6.07) is -0.212. The van der Waals surface area contributed by atoms with Crippen LogP contribution in [0.15, 0.2) is 0 Å². The topological polar surface area (TPSA) is 58.6 Å². The molecule has 0 aliphatic heterocycles. The summed E-state index contributed by atoms with van der Waals surface area (Å²) in [4.78, 5) is 11.1. The molecule has 0 saturated heterocycles. The number of aliphatic hydroxyl groups is 1. The molecule has 0 spiro atoms. The molecule has 0 aromatic carbocycles. The number of hydrogen-bond donors (Lipinski definition) is 2. The number of ether oxygens (including phenoxy) is 1. The monoisotopic (exact) mass is 189 g/mol. The van der Waals surface area contributed by atoms with Crippen LogP contribution in [0.1, 0.15) is 27.7 Å². The van der Waals surface area contributed by atoms with E-state index in [1.54, 1.807) is 6.92 Å². The molecule has 13 heavy (non-hydrogen) atoms. The normalized spacial score (nSPS) is 13.9. The first-order valence-corrected chi connectivity index (χ1v) is 4.39. The standard InChI is InChI=1S/C9H19NO3/c1-7(5-11)10-8(12)6-13-9(2,3)4/h7,11H,5-6H2,1-4H3,(H,10,12)/t7-/m0/s1. The van der Waals surface area contributed by atoms with Gasteiger partial charge in [-0.2, -0.15) is 0 Å². The fourth-order valence-electron chi connectivity index (χ4n) is 0.644. The highest BCUT2D eigenvalue weighted by molar-refractivity contribution is 5.77. The first-order valence-electron chi connectivity index (χ1n) is 4.39. The van der Waals surface area contributed by atoms with Gasteiger partial charge in [0.2, 0.25) is 5.91 Å². The van der Waals surface area contributed by atoms with Crippen LogP contribution in [0, 0.1) is 0 Å². The number of aliphatic hydroxyl groups excluding tert-OH is 1. The van der Waals surface area contributed by atoms with E-state index in [0.29, 0.717) is 0 Å². The van der Waals surface area contributed by atoms with E-state index in [-0.39, 0.29) is 30.8 Å². The summed E-state index contributed by atoms with van der Waals surface area (Å²) < 4.78 is 5.24. The highest BCUT2D eigenvalue weighted by atomic mass is 16.5. The lowest BCUT2D eigenvalue weighted by molar-refractivity contribution is -0.131. The lowest BCUT2D eigenvalue weighted by atomic mass is 10.2. The van der Waals surface area contributed by atoms with Gasteiger partial charge in [-0.25, -0.2) is 0 Å². The predicted molar refractivity (Wildman–Crippen MR) is 50.4 cm³/mol. The van der Waals surface area contributed by atoms with Crippen molar-refractivity contribution in [3.63, 3.8) is 0 Å². The highest BCUT2D eigenvalue weighted by Crippen LogP contribution is 2.05. The molecule has 0 heterocycles. The lowest BCUT2D eigenvalue weighted by Gasteiger charge is -2.19. The van der Waals surface area contributed by atoms with Crippen LogP contribution in [0.3, 0.4) is 0 Å². The first-order chi connectivity index (χ1) is 5.85. The summed E-state index contributed by atoms with van der Waals surface area (Å²) >= 11 is 0. The number of carbonyl (C=O) groups excluding carboxylic acids is 1. The first kappa shape index (κ1) is 12.4. The van der Waals surface area contributed by atoms with Crippen LogP contribution in [0.5, 0.6) is 0 Å². The third-order valence-electron chi connectivity index (χ3n) is 1.32. The van der Waals surface area contributed by atoms with Gasteiger partial charge in [-0.3, -0.25) is 4.79 Å². The van der Waals surface area contributed by atoms with Gasteiger partial charge in [-0.05, 0) is 27.7 Å². The Hall–Kier alpha value is -0.610. The molecule has 0 saturated carbocycles. The maximum absolute atomic E-state index is 11.1. The molecular formula is C9H19NO3. The molecule has 1 atom stereocenters. The van der Waals surface area contributed by atoms with Gasteiger partial charge < -0.3 is 15.2 Å². The average molecular weight is 189 g/mol. The summed E-state index contributed by atoms with van der Waals surface area (Å²) in [7, 11) is 0. The number of rotatable bonds is 4. The minimum atomic E-state index is -0.306. The van der Waals surface area contributed by atoms with Gasteiger partial charge in [0.15, 0.2) is 0 Å². The van der Waals surface area contributed by atoms with Crippen LogP contribution in [-0.4, -0.2) is 35.9 Å². The maximum Gasteiger partial charge on any atom is 0.246 e. The smallest absolute Gasteiger partial charge is 0.246 e. The van der Waals surface area contributed by atoms with Gasteiger partial charge in [0.05, 0.1) is 12.2 Å². The Kier molecular flexibility index (Phi) is 4.95. The van der Waals surface area contributed by atoms with Gasteiger partial charge in [-0.1, -0.05) is 0 Å². The molecule has 0 bridgehead atoms. The second kappa shape index (κ2) is 5.19. The maximum atomic E-state index is 11.1. The van der Waals surface area contributed by atoms with Crippen molar-refractivity contribution in [1.82, 2.24) is 5.32 Å². The summed E-state index contributed by atoms with van der Waals surface area (Å²) in [5.41, 5.74) is -0.306. The summed E-state index contributed by atoms with van der Waals surface area (Å²) in [6.07, 6.45) is 0.